The second kappa shape index (κ2) is 6.91. The molecule has 0 aliphatic carbocycles. The molecule has 2 aromatic heterocycles. The van der Waals surface area contributed by atoms with Crippen molar-refractivity contribution in [1.82, 2.24) is 24.9 Å². The zero-order chi connectivity index (χ0) is 19.1. The fraction of sp³-hybridized carbons (Fsp3) is 0.304. The molecule has 142 valence electrons. The molecule has 4 aromatic rings. The fourth-order valence-electron chi connectivity index (χ4n) is 4.14. The molecule has 0 atom stereocenters. The summed E-state index contributed by atoms with van der Waals surface area (Å²) in [5, 5.41) is 10.2. The van der Waals surface area contributed by atoms with Gasteiger partial charge in [-0.3, -0.25) is 4.90 Å². The number of nitrogens with one attached hydrogen (secondary N) is 1. The van der Waals surface area contributed by atoms with Gasteiger partial charge in [0.1, 0.15) is 0 Å². The van der Waals surface area contributed by atoms with Gasteiger partial charge in [-0.2, -0.15) is 0 Å². The molecule has 1 N–H and O–H groups in total. The second-order valence-electron chi connectivity index (χ2n) is 7.99. The molecule has 5 nitrogen and oxygen atoms in total. The number of hydrogen-bond acceptors (Lipinski definition) is 3. The van der Waals surface area contributed by atoms with Crippen molar-refractivity contribution in [3.63, 3.8) is 0 Å². The largest absolute Gasteiger partial charge is 0.357 e. The minimum absolute atomic E-state index is 0.502. The lowest BCUT2D eigenvalue weighted by molar-refractivity contribution is 0.240. The zero-order valence-corrected chi connectivity index (χ0v) is 16.4. The summed E-state index contributed by atoms with van der Waals surface area (Å²) in [6.07, 6.45) is 3.13. The summed E-state index contributed by atoms with van der Waals surface area (Å²) in [6, 6.07) is 17.1. The van der Waals surface area contributed by atoms with Gasteiger partial charge < -0.3 is 4.98 Å². The van der Waals surface area contributed by atoms with E-state index in [1.54, 1.807) is 0 Å². The number of benzene rings is 2. The first-order valence-corrected chi connectivity index (χ1v) is 10.00. The number of hydrogen-bond donors (Lipinski definition) is 1. The van der Waals surface area contributed by atoms with Crippen LogP contribution in [0.3, 0.4) is 0 Å². The lowest BCUT2D eigenvalue weighted by Gasteiger charge is -2.25. The molecule has 0 radical (unpaired) electrons. The van der Waals surface area contributed by atoms with Crippen LogP contribution in [0.25, 0.3) is 16.6 Å². The SMILES string of the molecule is CC(C)c1cccc(-n2cc(CN3CCc4c([nH]c5ccccc45)C3)nn2)c1. The first kappa shape index (κ1) is 17.2. The molecule has 0 amide bonds. The fourth-order valence-corrected chi connectivity index (χ4v) is 4.14. The highest BCUT2D eigenvalue weighted by Gasteiger charge is 2.21. The number of fused-ring (bicyclic) bond motifs is 3. The van der Waals surface area contributed by atoms with Crippen LogP contribution in [-0.2, 0) is 19.5 Å². The van der Waals surface area contributed by atoms with Gasteiger partial charge in [-0.15, -0.1) is 5.10 Å². The Morgan fingerprint density at radius 3 is 2.89 bits per heavy atom. The Morgan fingerprint density at radius 1 is 1.11 bits per heavy atom. The molecule has 1 aliphatic rings. The Labute approximate surface area is 165 Å². The van der Waals surface area contributed by atoms with Crippen LogP contribution in [0, 0.1) is 0 Å². The normalized spacial score (nSPS) is 14.7. The lowest BCUT2D eigenvalue weighted by Crippen LogP contribution is -2.30. The van der Waals surface area contributed by atoms with Gasteiger partial charge in [0, 0.05) is 36.2 Å². The van der Waals surface area contributed by atoms with Gasteiger partial charge in [0.2, 0.25) is 0 Å². The van der Waals surface area contributed by atoms with Crippen LogP contribution in [0.5, 0.6) is 0 Å². The van der Waals surface area contributed by atoms with Crippen LogP contribution >= 0.6 is 0 Å². The Hall–Kier alpha value is -2.92. The first-order chi connectivity index (χ1) is 13.7. The smallest absolute Gasteiger partial charge is 0.0971 e. The van der Waals surface area contributed by atoms with Crippen LogP contribution < -0.4 is 0 Å². The molecule has 0 fully saturated rings. The molecule has 5 rings (SSSR count). The summed E-state index contributed by atoms with van der Waals surface area (Å²) in [6.45, 7) is 7.21. The second-order valence-corrected chi connectivity index (χ2v) is 7.99. The number of H-pyrrole nitrogens is 1. The summed E-state index contributed by atoms with van der Waals surface area (Å²) in [7, 11) is 0. The van der Waals surface area contributed by atoms with E-state index in [9.17, 15) is 0 Å². The van der Waals surface area contributed by atoms with E-state index in [4.69, 9.17) is 0 Å². The summed E-state index contributed by atoms with van der Waals surface area (Å²) in [5.41, 5.74) is 7.45. The molecular weight excluding hydrogens is 346 g/mol. The maximum atomic E-state index is 4.42. The number of para-hydroxylation sites is 1. The molecular formula is C23H25N5. The average molecular weight is 371 g/mol. The number of nitrogens with zero attached hydrogens (tertiary/aromatic N) is 4. The Balaban J connectivity index is 1.33. The van der Waals surface area contributed by atoms with Crippen molar-refractivity contribution in [3.8, 4) is 5.69 Å². The third kappa shape index (κ3) is 3.12. The van der Waals surface area contributed by atoms with Crippen LogP contribution in [0.2, 0.25) is 0 Å². The van der Waals surface area contributed by atoms with Gasteiger partial charge in [0.25, 0.3) is 0 Å². The maximum absolute atomic E-state index is 4.42. The third-order valence-electron chi connectivity index (χ3n) is 5.69. The molecule has 0 unspecified atom stereocenters. The van der Waals surface area contributed by atoms with E-state index in [1.807, 2.05) is 4.68 Å². The van der Waals surface area contributed by atoms with Crippen molar-refractivity contribution in [1.29, 1.82) is 0 Å². The maximum Gasteiger partial charge on any atom is 0.0971 e. The van der Waals surface area contributed by atoms with Gasteiger partial charge in [0.05, 0.1) is 17.6 Å². The van der Waals surface area contributed by atoms with E-state index < -0.39 is 0 Å². The molecule has 0 bridgehead atoms. The van der Waals surface area contributed by atoms with E-state index >= 15 is 0 Å². The van der Waals surface area contributed by atoms with E-state index in [-0.39, 0.29) is 0 Å². The minimum Gasteiger partial charge on any atom is -0.357 e. The van der Waals surface area contributed by atoms with Gasteiger partial charge >= 0.3 is 0 Å². The van der Waals surface area contributed by atoms with E-state index in [1.165, 1.54) is 27.7 Å². The first-order valence-electron chi connectivity index (χ1n) is 10.00. The summed E-state index contributed by atoms with van der Waals surface area (Å²) >= 11 is 0. The molecule has 5 heteroatoms. The Bertz CT molecular complexity index is 1120. The van der Waals surface area contributed by atoms with E-state index in [0.717, 1.165) is 37.4 Å². The highest BCUT2D eigenvalue weighted by atomic mass is 15.4. The van der Waals surface area contributed by atoms with Crippen molar-refractivity contribution in [2.24, 2.45) is 0 Å². The third-order valence-corrected chi connectivity index (χ3v) is 5.69. The molecule has 28 heavy (non-hydrogen) atoms. The summed E-state index contributed by atoms with van der Waals surface area (Å²) < 4.78 is 1.89. The molecule has 0 spiro atoms. The lowest BCUT2D eigenvalue weighted by atomic mass is 10.0. The Morgan fingerprint density at radius 2 is 2.00 bits per heavy atom. The van der Waals surface area contributed by atoms with Gasteiger partial charge in [-0.25, -0.2) is 4.68 Å². The van der Waals surface area contributed by atoms with Crippen LogP contribution in [0.1, 0.15) is 42.3 Å². The number of aromatic amines is 1. The van der Waals surface area contributed by atoms with Crippen molar-refractivity contribution >= 4 is 10.9 Å². The standard InChI is InChI=1S/C23H25N5/c1-16(2)17-6-5-7-19(12-17)28-14-18(25-26-28)13-27-11-10-21-20-8-3-4-9-22(20)24-23(21)15-27/h3-9,12,14,16,24H,10-11,13,15H2,1-2H3. The van der Waals surface area contributed by atoms with Crippen molar-refractivity contribution in [2.45, 2.75) is 39.3 Å². The highest BCUT2D eigenvalue weighted by Crippen LogP contribution is 2.28. The predicted octanol–water partition coefficient (Wildman–Crippen LogP) is 4.43. The molecule has 0 saturated carbocycles. The highest BCUT2D eigenvalue weighted by molar-refractivity contribution is 5.84. The molecule has 2 aromatic carbocycles. The van der Waals surface area contributed by atoms with E-state index in [0.29, 0.717) is 5.92 Å². The van der Waals surface area contributed by atoms with Crippen LogP contribution in [0.15, 0.2) is 54.7 Å². The molecule has 0 saturated heterocycles. The number of rotatable bonds is 4. The quantitative estimate of drug-likeness (QED) is 0.577. The van der Waals surface area contributed by atoms with Crippen molar-refractivity contribution < 1.29 is 0 Å². The molecule has 3 heterocycles. The summed E-state index contributed by atoms with van der Waals surface area (Å²) in [4.78, 5) is 6.04. The van der Waals surface area contributed by atoms with Crippen LogP contribution in [-0.4, -0.2) is 31.4 Å². The van der Waals surface area contributed by atoms with Gasteiger partial charge in [-0.1, -0.05) is 49.4 Å². The van der Waals surface area contributed by atoms with Gasteiger partial charge in [0.15, 0.2) is 0 Å². The number of aromatic nitrogens is 4. The summed E-state index contributed by atoms with van der Waals surface area (Å²) in [5.74, 6) is 0.502. The monoisotopic (exact) mass is 371 g/mol. The molecule has 1 aliphatic heterocycles. The zero-order valence-electron chi connectivity index (χ0n) is 16.4. The minimum atomic E-state index is 0.502. The Kier molecular flexibility index (Phi) is 4.24. The topological polar surface area (TPSA) is 49.7 Å². The average Bonchev–Trinajstić information content (AvgIpc) is 3.32. The van der Waals surface area contributed by atoms with Crippen molar-refractivity contribution in [3.05, 3.63) is 77.2 Å². The van der Waals surface area contributed by atoms with Crippen LogP contribution in [0.4, 0.5) is 0 Å². The van der Waals surface area contributed by atoms with E-state index in [2.05, 4.69) is 88.8 Å². The van der Waals surface area contributed by atoms with Gasteiger partial charge in [-0.05, 0) is 41.7 Å². The van der Waals surface area contributed by atoms with Crippen molar-refractivity contribution in [2.75, 3.05) is 6.54 Å². The predicted molar refractivity (Wildman–Crippen MR) is 112 cm³/mol.